The molecule has 152 valence electrons. The minimum Gasteiger partial charge on any atom is -0.357 e. The van der Waals surface area contributed by atoms with Crippen LogP contribution in [0.5, 0.6) is 0 Å². The van der Waals surface area contributed by atoms with Crippen molar-refractivity contribution >= 4 is 23.5 Å². The van der Waals surface area contributed by atoms with Crippen LogP contribution in [-0.2, 0) is 9.59 Å². The van der Waals surface area contributed by atoms with Crippen LogP contribution in [0.15, 0.2) is 29.5 Å². The summed E-state index contributed by atoms with van der Waals surface area (Å²) in [6.45, 7) is 4.18. The van der Waals surface area contributed by atoms with E-state index in [0.29, 0.717) is 30.6 Å². The van der Waals surface area contributed by atoms with Crippen molar-refractivity contribution in [1.29, 1.82) is 0 Å². The highest BCUT2D eigenvalue weighted by Crippen LogP contribution is 2.27. The van der Waals surface area contributed by atoms with Gasteiger partial charge < -0.3 is 20.9 Å². The molecular formula is C20H30N6O2. The molecule has 1 unspecified atom stereocenters. The zero-order chi connectivity index (χ0) is 19.8. The van der Waals surface area contributed by atoms with Gasteiger partial charge in [0.05, 0.1) is 11.9 Å². The number of carbonyl (C=O) groups is 2. The number of anilines is 1. The number of aliphatic imine (C=N–C) groups is 1. The standard InChI is InChI=1S/C20H30N6O2/c1-2-22-20(23-13-18(27)24-16-8-5-10-21-12-16)25-17-9-11-26(14-17)19(28)15-6-3-4-7-15/h5,8,10,12,15,17H,2-4,6-7,9,11,13-14H2,1H3,(H,24,27)(H2,22,23,25). The van der Waals surface area contributed by atoms with E-state index in [1.807, 2.05) is 11.8 Å². The van der Waals surface area contributed by atoms with E-state index >= 15 is 0 Å². The molecule has 2 aliphatic rings. The van der Waals surface area contributed by atoms with Crippen molar-refractivity contribution in [3.8, 4) is 0 Å². The molecule has 1 aromatic heterocycles. The Morgan fingerprint density at radius 2 is 2.11 bits per heavy atom. The predicted octanol–water partition coefficient (Wildman–Crippen LogP) is 1.37. The SMILES string of the molecule is CCNC(=NCC(=O)Nc1cccnc1)NC1CCN(C(=O)C2CCCC2)C1. The van der Waals surface area contributed by atoms with E-state index in [9.17, 15) is 9.59 Å². The van der Waals surface area contributed by atoms with Crippen LogP contribution in [0, 0.1) is 5.92 Å². The molecule has 0 bridgehead atoms. The molecule has 1 aliphatic carbocycles. The van der Waals surface area contributed by atoms with Crippen LogP contribution in [0.3, 0.4) is 0 Å². The van der Waals surface area contributed by atoms with Gasteiger partial charge in [0.2, 0.25) is 11.8 Å². The lowest BCUT2D eigenvalue weighted by molar-refractivity contribution is -0.134. The Labute approximate surface area is 166 Å². The highest BCUT2D eigenvalue weighted by atomic mass is 16.2. The molecule has 2 amide bonds. The van der Waals surface area contributed by atoms with Crippen molar-refractivity contribution in [1.82, 2.24) is 20.5 Å². The highest BCUT2D eigenvalue weighted by Gasteiger charge is 2.32. The van der Waals surface area contributed by atoms with Crippen LogP contribution in [0.4, 0.5) is 5.69 Å². The van der Waals surface area contributed by atoms with Crippen LogP contribution in [0.2, 0.25) is 0 Å². The van der Waals surface area contributed by atoms with Crippen LogP contribution < -0.4 is 16.0 Å². The van der Waals surface area contributed by atoms with Gasteiger partial charge >= 0.3 is 0 Å². The molecular weight excluding hydrogens is 356 g/mol. The van der Waals surface area contributed by atoms with Gasteiger partial charge in [-0.05, 0) is 38.3 Å². The number of pyridine rings is 1. The summed E-state index contributed by atoms with van der Waals surface area (Å²) in [6, 6.07) is 3.71. The smallest absolute Gasteiger partial charge is 0.246 e. The third-order valence-electron chi connectivity index (χ3n) is 5.22. The Hall–Kier alpha value is -2.64. The van der Waals surface area contributed by atoms with E-state index in [0.717, 1.165) is 25.8 Å². The predicted molar refractivity (Wildman–Crippen MR) is 109 cm³/mol. The molecule has 28 heavy (non-hydrogen) atoms. The molecule has 8 nitrogen and oxygen atoms in total. The van der Waals surface area contributed by atoms with Crippen molar-refractivity contribution in [2.75, 3.05) is 31.5 Å². The first kappa shape index (κ1) is 20.1. The van der Waals surface area contributed by atoms with Crippen LogP contribution in [0.25, 0.3) is 0 Å². The number of hydrogen-bond acceptors (Lipinski definition) is 4. The van der Waals surface area contributed by atoms with Gasteiger partial charge in [0, 0.05) is 37.8 Å². The van der Waals surface area contributed by atoms with Crippen molar-refractivity contribution in [2.24, 2.45) is 10.9 Å². The zero-order valence-electron chi connectivity index (χ0n) is 16.5. The molecule has 8 heteroatoms. The molecule has 1 aliphatic heterocycles. The maximum absolute atomic E-state index is 12.6. The summed E-state index contributed by atoms with van der Waals surface area (Å²) in [5.74, 6) is 0.926. The van der Waals surface area contributed by atoms with Crippen molar-refractivity contribution < 1.29 is 9.59 Å². The minimum atomic E-state index is -0.199. The van der Waals surface area contributed by atoms with Crippen LogP contribution in [-0.4, -0.2) is 59.9 Å². The molecule has 3 N–H and O–H groups in total. The fraction of sp³-hybridized carbons (Fsp3) is 0.600. The lowest BCUT2D eigenvalue weighted by Gasteiger charge is -2.21. The van der Waals surface area contributed by atoms with Crippen molar-refractivity contribution in [2.45, 2.75) is 45.1 Å². The summed E-state index contributed by atoms with van der Waals surface area (Å²) in [6.07, 6.45) is 8.55. The molecule has 1 saturated carbocycles. The van der Waals surface area contributed by atoms with Gasteiger partial charge in [-0.2, -0.15) is 0 Å². The third kappa shape index (κ3) is 5.68. The largest absolute Gasteiger partial charge is 0.357 e. The van der Waals surface area contributed by atoms with Crippen LogP contribution in [0.1, 0.15) is 39.0 Å². The average molecular weight is 387 g/mol. The van der Waals surface area contributed by atoms with Crippen LogP contribution >= 0.6 is 0 Å². The number of rotatable bonds is 6. The Morgan fingerprint density at radius 1 is 1.29 bits per heavy atom. The molecule has 0 spiro atoms. The van der Waals surface area contributed by atoms with Gasteiger partial charge in [0.25, 0.3) is 0 Å². The van der Waals surface area contributed by atoms with E-state index < -0.39 is 0 Å². The van der Waals surface area contributed by atoms with E-state index in [4.69, 9.17) is 0 Å². The number of aromatic nitrogens is 1. The fourth-order valence-corrected chi connectivity index (χ4v) is 3.81. The normalized spacial score (nSPS) is 20.2. The first-order chi connectivity index (χ1) is 13.7. The first-order valence-electron chi connectivity index (χ1n) is 10.2. The summed E-state index contributed by atoms with van der Waals surface area (Å²) in [7, 11) is 0. The van der Waals surface area contributed by atoms with Crippen molar-refractivity contribution in [3.05, 3.63) is 24.5 Å². The summed E-state index contributed by atoms with van der Waals surface area (Å²) in [5.41, 5.74) is 0.650. The molecule has 0 radical (unpaired) electrons. The van der Waals surface area contributed by atoms with Gasteiger partial charge in [0.15, 0.2) is 5.96 Å². The highest BCUT2D eigenvalue weighted by molar-refractivity contribution is 5.94. The molecule has 2 fully saturated rings. The molecule has 1 aromatic rings. The monoisotopic (exact) mass is 386 g/mol. The zero-order valence-corrected chi connectivity index (χ0v) is 16.5. The first-order valence-corrected chi connectivity index (χ1v) is 10.2. The topological polar surface area (TPSA) is 98.7 Å². The number of likely N-dealkylation sites (tertiary alicyclic amines) is 1. The van der Waals surface area contributed by atoms with Gasteiger partial charge in [-0.25, -0.2) is 4.99 Å². The molecule has 2 heterocycles. The summed E-state index contributed by atoms with van der Waals surface area (Å²) < 4.78 is 0. The third-order valence-corrected chi connectivity index (χ3v) is 5.22. The second kappa shape index (κ2) is 10.1. The Kier molecular flexibility index (Phi) is 7.22. The van der Waals surface area contributed by atoms with Gasteiger partial charge in [-0.1, -0.05) is 12.8 Å². The number of carbonyl (C=O) groups excluding carboxylic acids is 2. The summed E-state index contributed by atoms with van der Waals surface area (Å²) in [4.78, 5) is 35.0. The number of nitrogens with one attached hydrogen (secondary N) is 3. The fourth-order valence-electron chi connectivity index (χ4n) is 3.81. The number of nitrogens with zero attached hydrogens (tertiary/aromatic N) is 3. The summed E-state index contributed by atoms with van der Waals surface area (Å²) in [5, 5.41) is 9.30. The molecule has 0 aromatic carbocycles. The molecule has 3 rings (SSSR count). The lowest BCUT2D eigenvalue weighted by atomic mass is 10.1. The Morgan fingerprint density at radius 3 is 2.82 bits per heavy atom. The van der Waals surface area contributed by atoms with Crippen molar-refractivity contribution in [3.63, 3.8) is 0 Å². The van der Waals surface area contributed by atoms with E-state index in [1.165, 1.54) is 12.8 Å². The van der Waals surface area contributed by atoms with E-state index in [1.54, 1.807) is 24.5 Å². The maximum Gasteiger partial charge on any atom is 0.246 e. The molecule has 1 atom stereocenters. The second-order valence-electron chi connectivity index (χ2n) is 7.38. The summed E-state index contributed by atoms with van der Waals surface area (Å²) >= 11 is 0. The Balaban J connectivity index is 1.49. The lowest BCUT2D eigenvalue weighted by Crippen LogP contribution is -2.45. The van der Waals surface area contributed by atoms with Gasteiger partial charge in [-0.15, -0.1) is 0 Å². The molecule has 1 saturated heterocycles. The van der Waals surface area contributed by atoms with E-state index in [2.05, 4.69) is 25.9 Å². The maximum atomic E-state index is 12.6. The van der Waals surface area contributed by atoms with E-state index in [-0.39, 0.29) is 24.4 Å². The number of amides is 2. The average Bonchev–Trinajstić information content (AvgIpc) is 3.39. The second-order valence-corrected chi connectivity index (χ2v) is 7.38. The quantitative estimate of drug-likeness (QED) is 0.507. The number of guanidine groups is 1. The Bertz CT molecular complexity index is 687. The van der Waals surface area contributed by atoms with Gasteiger partial charge in [-0.3, -0.25) is 14.6 Å². The minimum absolute atomic E-state index is 0.0155. The number of hydrogen-bond donors (Lipinski definition) is 3. The van der Waals surface area contributed by atoms with Gasteiger partial charge in [0.1, 0.15) is 6.54 Å².